The number of hydrogen-bond donors (Lipinski definition) is 1. The van der Waals surface area contributed by atoms with Gasteiger partial charge in [-0.3, -0.25) is 4.90 Å². The molecule has 1 aromatic rings. The van der Waals surface area contributed by atoms with Crippen LogP contribution in [0.1, 0.15) is 24.3 Å². The molecular weight excluding hydrogens is 256 g/mol. The first-order valence-electron chi connectivity index (χ1n) is 6.79. The van der Waals surface area contributed by atoms with Gasteiger partial charge < -0.3 is 10.5 Å². The fraction of sp³-hybridized carbons (Fsp3) is 0.533. The van der Waals surface area contributed by atoms with Crippen molar-refractivity contribution < 1.29 is 4.74 Å². The highest BCUT2D eigenvalue weighted by Gasteiger charge is 2.31. The number of hydrogen-bond acceptors (Lipinski definition) is 3. The van der Waals surface area contributed by atoms with E-state index in [1.807, 2.05) is 18.2 Å². The molecule has 2 rings (SSSR count). The summed E-state index contributed by atoms with van der Waals surface area (Å²) in [7, 11) is 1.74. The van der Waals surface area contributed by atoms with Crippen molar-refractivity contribution >= 4 is 17.2 Å². The van der Waals surface area contributed by atoms with Crippen molar-refractivity contribution in [3.63, 3.8) is 0 Å². The Labute approximate surface area is 120 Å². The van der Waals surface area contributed by atoms with Crippen molar-refractivity contribution in [3.8, 4) is 0 Å². The van der Waals surface area contributed by atoms with E-state index >= 15 is 0 Å². The second-order valence-electron chi connectivity index (χ2n) is 5.08. The fourth-order valence-corrected chi connectivity index (χ4v) is 2.56. The molecule has 4 heteroatoms. The molecule has 0 radical (unpaired) electrons. The Morgan fingerprint density at radius 2 is 2.11 bits per heavy atom. The van der Waals surface area contributed by atoms with Gasteiger partial charge in [-0.15, -0.1) is 0 Å². The fourth-order valence-electron chi connectivity index (χ4n) is 2.35. The maximum Gasteiger partial charge on any atom is 0.0816 e. The van der Waals surface area contributed by atoms with Crippen LogP contribution in [0.4, 0.5) is 0 Å². The molecule has 1 aliphatic rings. The van der Waals surface area contributed by atoms with Crippen LogP contribution in [0.25, 0.3) is 0 Å². The molecule has 1 saturated carbocycles. The van der Waals surface area contributed by atoms with E-state index in [9.17, 15) is 0 Å². The van der Waals surface area contributed by atoms with E-state index in [4.69, 9.17) is 22.7 Å². The van der Waals surface area contributed by atoms with E-state index in [1.54, 1.807) is 7.11 Å². The van der Waals surface area contributed by atoms with Crippen LogP contribution in [-0.4, -0.2) is 42.7 Å². The van der Waals surface area contributed by atoms with E-state index < -0.39 is 0 Å². The first-order valence-corrected chi connectivity index (χ1v) is 7.20. The summed E-state index contributed by atoms with van der Waals surface area (Å²) in [6.07, 6.45) is 2.56. The van der Waals surface area contributed by atoms with E-state index in [2.05, 4.69) is 17.0 Å². The molecule has 0 heterocycles. The maximum atomic E-state index is 5.94. The molecule has 0 spiro atoms. The Morgan fingerprint density at radius 3 is 2.63 bits per heavy atom. The highest BCUT2D eigenvalue weighted by molar-refractivity contribution is 7.80. The zero-order valence-corrected chi connectivity index (χ0v) is 12.2. The van der Waals surface area contributed by atoms with Gasteiger partial charge in [-0.25, -0.2) is 0 Å². The lowest BCUT2D eigenvalue weighted by atomic mass is 9.98. The second kappa shape index (κ2) is 6.98. The van der Waals surface area contributed by atoms with E-state index in [0.29, 0.717) is 11.0 Å². The zero-order chi connectivity index (χ0) is 13.7. The van der Waals surface area contributed by atoms with Gasteiger partial charge in [0.05, 0.1) is 11.6 Å². The molecule has 2 N–H and O–H groups in total. The van der Waals surface area contributed by atoms with Gasteiger partial charge in [0.1, 0.15) is 0 Å². The lowest BCUT2D eigenvalue weighted by molar-refractivity contribution is 0.143. The SMILES string of the molecule is COCCN(CC(C(N)=S)c1ccccc1)C1CC1. The van der Waals surface area contributed by atoms with Crippen molar-refractivity contribution in [2.75, 3.05) is 26.8 Å². The van der Waals surface area contributed by atoms with E-state index in [0.717, 1.165) is 19.7 Å². The van der Waals surface area contributed by atoms with Gasteiger partial charge in [0.15, 0.2) is 0 Å². The number of nitrogens with two attached hydrogens (primary N) is 1. The Bertz CT molecular complexity index is 406. The van der Waals surface area contributed by atoms with Gasteiger partial charge in [0, 0.05) is 32.2 Å². The first-order chi connectivity index (χ1) is 9.22. The third-order valence-electron chi connectivity index (χ3n) is 3.61. The van der Waals surface area contributed by atoms with E-state index in [1.165, 1.54) is 18.4 Å². The summed E-state index contributed by atoms with van der Waals surface area (Å²) in [5, 5.41) is 0. The largest absolute Gasteiger partial charge is 0.393 e. The standard InChI is InChI=1S/C15H22N2OS/c1-18-10-9-17(13-7-8-13)11-14(15(16)19)12-5-3-2-4-6-12/h2-6,13-14H,7-11H2,1H3,(H2,16,19). The van der Waals surface area contributed by atoms with Crippen LogP contribution in [0.15, 0.2) is 30.3 Å². The van der Waals surface area contributed by atoms with Crippen LogP contribution in [0.2, 0.25) is 0 Å². The molecule has 1 aliphatic carbocycles. The predicted octanol–water partition coefficient (Wildman–Crippen LogP) is 2.17. The number of rotatable bonds is 8. The summed E-state index contributed by atoms with van der Waals surface area (Å²) in [5.74, 6) is 0.133. The number of ether oxygens (including phenoxy) is 1. The van der Waals surface area contributed by atoms with Gasteiger partial charge in [0.25, 0.3) is 0 Å². The van der Waals surface area contributed by atoms with E-state index in [-0.39, 0.29) is 5.92 Å². The molecule has 0 saturated heterocycles. The van der Waals surface area contributed by atoms with Crippen molar-refractivity contribution in [1.29, 1.82) is 0 Å². The smallest absolute Gasteiger partial charge is 0.0816 e. The van der Waals surface area contributed by atoms with Crippen molar-refractivity contribution in [2.24, 2.45) is 5.73 Å². The molecule has 0 aromatic heterocycles. The van der Waals surface area contributed by atoms with Crippen molar-refractivity contribution in [2.45, 2.75) is 24.8 Å². The predicted molar refractivity (Wildman–Crippen MR) is 82.4 cm³/mol. The van der Waals surface area contributed by atoms with Crippen LogP contribution in [0.5, 0.6) is 0 Å². The Hall–Kier alpha value is -0.970. The van der Waals surface area contributed by atoms with Crippen molar-refractivity contribution in [3.05, 3.63) is 35.9 Å². The van der Waals surface area contributed by atoms with Crippen LogP contribution in [-0.2, 0) is 4.74 Å². The summed E-state index contributed by atoms with van der Waals surface area (Å²) in [4.78, 5) is 3.04. The molecule has 0 amide bonds. The highest BCUT2D eigenvalue weighted by Crippen LogP contribution is 2.29. The molecule has 0 aliphatic heterocycles. The zero-order valence-electron chi connectivity index (χ0n) is 11.4. The lowest BCUT2D eigenvalue weighted by Gasteiger charge is -2.27. The van der Waals surface area contributed by atoms with Gasteiger partial charge in [-0.1, -0.05) is 42.5 Å². The van der Waals surface area contributed by atoms with Crippen LogP contribution in [0.3, 0.4) is 0 Å². The molecule has 1 aromatic carbocycles. The minimum absolute atomic E-state index is 0.133. The van der Waals surface area contributed by atoms with Crippen LogP contribution >= 0.6 is 12.2 Å². The van der Waals surface area contributed by atoms with Crippen LogP contribution in [0, 0.1) is 0 Å². The quantitative estimate of drug-likeness (QED) is 0.740. The molecule has 0 bridgehead atoms. The average Bonchev–Trinajstić information content (AvgIpc) is 3.24. The summed E-state index contributed by atoms with van der Waals surface area (Å²) in [5.41, 5.74) is 7.15. The number of thiocarbonyl (C=S) groups is 1. The summed E-state index contributed by atoms with van der Waals surface area (Å²) in [6.45, 7) is 2.61. The normalized spacial score (nSPS) is 16.5. The van der Waals surface area contributed by atoms with Crippen molar-refractivity contribution in [1.82, 2.24) is 4.90 Å². The molecular formula is C15H22N2OS. The summed E-state index contributed by atoms with van der Waals surface area (Å²) >= 11 is 5.26. The number of methoxy groups -OCH3 is 1. The minimum atomic E-state index is 0.133. The molecule has 3 nitrogen and oxygen atoms in total. The monoisotopic (exact) mass is 278 g/mol. The maximum absolute atomic E-state index is 5.94. The highest BCUT2D eigenvalue weighted by atomic mass is 32.1. The third kappa shape index (κ3) is 4.27. The van der Waals surface area contributed by atoms with Gasteiger partial charge >= 0.3 is 0 Å². The molecule has 1 fully saturated rings. The third-order valence-corrected chi connectivity index (χ3v) is 3.89. The molecule has 1 unspecified atom stereocenters. The lowest BCUT2D eigenvalue weighted by Crippen LogP contribution is -2.37. The Morgan fingerprint density at radius 1 is 1.42 bits per heavy atom. The van der Waals surface area contributed by atoms with Gasteiger partial charge in [0.2, 0.25) is 0 Å². The van der Waals surface area contributed by atoms with Gasteiger partial charge in [-0.05, 0) is 18.4 Å². The number of benzene rings is 1. The molecule has 19 heavy (non-hydrogen) atoms. The van der Waals surface area contributed by atoms with Gasteiger partial charge in [-0.2, -0.15) is 0 Å². The molecule has 1 atom stereocenters. The molecule has 104 valence electrons. The minimum Gasteiger partial charge on any atom is -0.393 e. The average molecular weight is 278 g/mol. The Kier molecular flexibility index (Phi) is 5.31. The summed E-state index contributed by atoms with van der Waals surface area (Å²) < 4.78 is 5.19. The number of nitrogens with zero attached hydrogens (tertiary/aromatic N) is 1. The Balaban J connectivity index is 2.04. The topological polar surface area (TPSA) is 38.5 Å². The first kappa shape index (κ1) is 14.4. The second-order valence-corrected chi connectivity index (χ2v) is 5.56. The van der Waals surface area contributed by atoms with Crippen LogP contribution < -0.4 is 5.73 Å². The summed E-state index contributed by atoms with van der Waals surface area (Å²) in [6, 6.07) is 11.0.